The van der Waals surface area contributed by atoms with Crippen molar-refractivity contribution in [3.8, 4) is 5.75 Å². The quantitative estimate of drug-likeness (QED) is 0.875. The Balaban J connectivity index is 1.96. The second-order valence-corrected chi connectivity index (χ2v) is 4.87. The first kappa shape index (κ1) is 14.3. The van der Waals surface area contributed by atoms with E-state index in [1.807, 2.05) is 31.3 Å². The summed E-state index contributed by atoms with van der Waals surface area (Å²) in [6.45, 7) is 1.62. The third-order valence-electron chi connectivity index (χ3n) is 3.11. The molecule has 0 spiro atoms. The van der Waals surface area contributed by atoms with Crippen LogP contribution in [-0.4, -0.2) is 26.2 Å². The summed E-state index contributed by atoms with van der Waals surface area (Å²) >= 11 is 0. The Morgan fingerprint density at radius 3 is 2.60 bits per heavy atom. The summed E-state index contributed by atoms with van der Waals surface area (Å²) in [5.74, 6) is 0.899. The van der Waals surface area contributed by atoms with Crippen LogP contribution in [0.5, 0.6) is 5.75 Å². The Morgan fingerprint density at radius 1 is 1.15 bits per heavy atom. The zero-order chi connectivity index (χ0) is 14.4. The molecule has 0 radical (unpaired) electrons. The Hall–Kier alpha value is -2.07. The second-order valence-electron chi connectivity index (χ2n) is 4.87. The van der Waals surface area contributed by atoms with E-state index >= 15 is 0 Å². The maximum absolute atomic E-state index is 5.43. The van der Waals surface area contributed by atoms with Crippen molar-refractivity contribution >= 4 is 5.69 Å². The molecule has 4 nitrogen and oxygen atoms in total. The minimum absolute atomic E-state index is 0.805. The van der Waals surface area contributed by atoms with Gasteiger partial charge in [0.05, 0.1) is 12.8 Å². The van der Waals surface area contributed by atoms with Crippen molar-refractivity contribution in [2.45, 2.75) is 13.1 Å². The molecule has 0 saturated carbocycles. The smallest absolute Gasteiger partial charge is 0.142 e. The third-order valence-corrected chi connectivity index (χ3v) is 3.11. The van der Waals surface area contributed by atoms with Crippen LogP contribution in [0.2, 0.25) is 0 Å². The van der Waals surface area contributed by atoms with Gasteiger partial charge in [-0.2, -0.15) is 0 Å². The van der Waals surface area contributed by atoms with E-state index in [-0.39, 0.29) is 0 Å². The van der Waals surface area contributed by atoms with Crippen molar-refractivity contribution < 1.29 is 4.74 Å². The van der Waals surface area contributed by atoms with Crippen LogP contribution in [0, 0.1) is 0 Å². The number of nitrogens with one attached hydrogen (secondary N) is 1. The summed E-state index contributed by atoms with van der Waals surface area (Å²) in [7, 11) is 5.73. The monoisotopic (exact) mass is 271 g/mol. The molecule has 1 N–H and O–H groups in total. The normalized spacial score (nSPS) is 10.3. The average Bonchev–Trinajstić information content (AvgIpc) is 2.48. The molecule has 1 heterocycles. The van der Waals surface area contributed by atoms with Gasteiger partial charge in [-0.3, -0.25) is 4.98 Å². The summed E-state index contributed by atoms with van der Waals surface area (Å²) in [6.07, 6.45) is 3.66. The van der Waals surface area contributed by atoms with E-state index < -0.39 is 0 Å². The number of ether oxygens (including phenoxy) is 1. The van der Waals surface area contributed by atoms with Gasteiger partial charge in [0.2, 0.25) is 0 Å². The van der Waals surface area contributed by atoms with Crippen LogP contribution >= 0.6 is 0 Å². The largest absolute Gasteiger partial charge is 0.495 e. The average molecular weight is 271 g/mol. The zero-order valence-electron chi connectivity index (χ0n) is 12.3. The molecule has 0 fully saturated rings. The van der Waals surface area contributed by atoms with E-state index in [0.717, 1.165) is 24.5 Å². The van der Waals surface area contributed by atoms with E-state index in [9.17, 15) is 0 Å². The Labute approximate surface area is 120 Å². The number of hydrogen-bond acceptors (Lipinski definition) is 4. The molecule has 2 rings (SSSR count). The first-order chi connectivity index (χ1) is 9.70. The van der Waals surface area contributed by atoms with Crippen LogP contribution < -0.4 is 15.0 Å². The summed E-state index contributed by atoms with van der Waals surface area (Å²) in [5, 5.41) is 3.41. The lowest BCUT2D eigenvalue weighted by Gasteiger charge is -2.17. The van der Waals surface area contributed by atoms with Crippen LogP contribution in [0.3, 0.4) is 0 Å². The van der Waals surface area contributed by atoms with Gasteiger partial charge in [-0.05, 0) is 29.3 Å². The number of anilines is 1. The van der Waals surface area contributed by atoms with E-state index in [1.165, 1.54) is 11.1 Å². The minimum atomic E-state index is 0.805. The molecule has 20 heavy (non-hydrogen) atoms. The highest BCUT2D eigenvalue weighted by molar-refractivity contribution is 5.58. The molecule has 0 aliphatic heterocycles. The lowest BCUT2D eigenvalue weighted by atomic mass is 10.1. The Kier molecular flexibility index (Phi) is 4.96. The van der Waals surface area contributed by atoms with Gasteiger partial charge in [-0.25, -0.2) is 0 Å². The highest BCUT2D eigenvalue weighted by Gasteiger charge is 2.06. The van der Waals surface area contributed by atoms with Gasteiger partial charge in [0.1, 0.15) is 5.75 Å². The van der Waals surface area contributed by atoms with Crippen molar-refractivity contribution in [2.24, 2.45) is 0 Å². The minimum Gasteiger partial charge on any atom is -0.495 e. The van der Waals surface area contributed by atoms with Crippen LogP contribution in [0.25, 0.3) is 0 Å². The van der Waals surface area contributed by atoms with Gasteiger partial charge in [0.15, 0.2) is 0 Å². The van der Waals surface area contributed by atoms with Gasteiger partial charge < -0.3 is 15.0 Å². The maximum atomic E-state index is 5.43. The molecule has 0 unspecified atom stereocenters. The molecule has 106 valence electrons. The van der Waals surface area contributed by atoms with Gasteiger partial charge in [-0.1, -0.05) is 12.1 Å². The number of benzene rings is 1. The standard InChI is InChI=1S/C16H21N3O/c1-19(2)15-7-6-13(9-16(15)20-3)10-18-12-14-5-4-8-17-11-14/h4-9,11,18H,10,12H2,1-3H3. The molecular formula is C16H21N3O. The van der Waals surface area contributed by atoms with Crippen molar-refractivity contribution in [2.75, 3.05) is 26.1 Å². The predicted molar refractivity (Wildman–Crippen MR) is 82.1 cm³/mol. The molecule has 4 heteroatoms. The van der Waals surface area contributed by atoms with E-state index in [1.54, 1.807) is 13.3 Å². The zero-order valence-corrected chi connectivity index (χ0v) is 12.3. The van der Waals surface area contributed by atoms with Crippen molar-refractivity contribution in [1.82, 2.24) is 10.3 Å². The number of aromatic nitrogens is 1. The van der Waals surface area contributed by atoms with Crippen LogP contribution in [0.15, 0.2) is 42.7 Å². The van der Waals surface area contributed by atoms with Crippen molar-refractivity contribution in [1.29, 1.82) is 0 Å². The van der Waals surface area contributed by atoms with Crippen LogP contribution in [0.4, 0.5) is 5.69 Å². The lowest BCUT2D eigenvalue weighted by molar-refractivity contribution is 0.414. The Morgan fingerprint density at radius 2 is 1.95 bits per heavy atom. The molecule has 2 aromatic rings. The van der Waals surface area contributed by atoms with E-state index in [0.29, 0.717) is 0 Å². The van der Waals surface area contributed by atoms with Crippen LogP contribution in [-0.2, 0) is 13.1 Å². The molecule has 0 amide bonds. The number of rotatable bonds is 6. The van der Waals surface area contributed by atoms with Gasteiger partial charge in [-0.15, -0.1) is 0 Å². The molecular weight excluding hydrogens is 250 g/mol. The lowest BCUT2D eigenvalue weighted by Crippen LogP contribution is -2.14. The van der Waals surface area contributed by atoms with Gasteiger partial charge in [0.25, 0.3) is 0 Å². The molecule has 0 bridgehead atoms. The maximum Gasteiger partial charge on any atom is 0.142 e. The molecule has 0 aliphatic carbocycles. The fourth-order valence-electron chi connectivity index (χ4n) is 2.06. The van der Waals surface area contributed by atoms with Gasteiger partial charge >= 0.3 is 0 Å². The van der Waals surface area contributed by atoms with Gasteiger partial charge in [0, 0.05) is 39.6 Å². The summed E-state index contributed by atoms with van der Waals surface area (Å²) in [4.78, 5) is 6.15. The third kappa shape index (κ3) is 3.71. The van der Waals surface area contributed by atoms with E-state index in [4.69, 9.17) is 4.74 Å². The van der Waals surface area contributed by atoms with Crippen molar-refractivity contribution in [3.63, 3.8) is 0 Å². The Bertz CT molecular complexity index is 541. The highest BCUT2D eigenvalue weighted by atomic mass is 16.5. The van der Waals surface area contributed by atoms with E-state index in [2.05, 4.69) is 34.6 Å². The predicted octanol–water partition coefficient (Wildman–Crippen LogP) is 2.45. The molecule has 0 aliphatic rings. The molecule has 0 saturated heterocycles. The number of hydrogen-bond donors (Lipinski definition) is 1. The molecule has 0 atom stereocenters. The molecule has 1 aromatic carbocycles. The van der Waals surface area contributed by atoms with Crippen molar-refractivity contribution in [3.05, 3.63) is 53.9 Å². The summed E-state index contributed by atoms with van der Waals surface area (Å²) in [5.41, 5.74) is 3.48. The number of nitrogens with zero attached hydrogens (tertiary/aromatic N) is 2. The summed E-state index contributed by atoms with van der Waals surface area (Å²) in [6, 6.07) is 10.3. The molecule has 1 aromatic heterocycles. The summed E-state index contributed by atoms with van der Waals surface area (Å²) < 4.78 is 5.43. The highest BCUT2D eigenvalue weighted by Crippen LogP contribution is 2.27. The van der Waals surface area contributed by atoms with Crippen LogP contribution in [0.1, 0.15) is 11.1 Å². The number of methoxy groups -OCH3 is 1. The fourth-order valence-corrected chi connectivity index (χ4v) is 2.06. The number of pyridine rings is 1. The topological polar surface area (TPSA) is 37.4 Å². The second kappa shape index (κ2) is 6.91. The first-order valence-electron chi connectivity index (χ1n) is 6.64. The SMILES string of the molecule is COc1cc(CNCc2cccnc2)ccc1N(C)C. The fraction of sp³-hybridized carbons (Fsp3) is 0.312. The first-order valence-corrected chi connectivity index (χ1v) is 6.64.